The first-order chi connectivity index (χ1) is 17.8. The third-order valence-corrected chi connectivity index (χ3v) is 9.62. The molecule has 5 nitrogen and oxygen atoms in total. The third kappa shape index (κ3) is 1.77. The number of benzene rings is 1. The summed E-state index contributed by atoms with van der Waals surface area (Å²) in [6.45, 7) is -9.02. The minimum absolute atomic E-state index is 0.0274. The van der Waals surface area contributed by atoms with Crippen molar-refractivity contribution in [3.05, 3.63) is 23.3 Å². The van der Waals surface area contributed by atoms with E-state index in [0.29, 0.717) is 38.0 Å². The SMILES string of the molecule is [2H]C([2H])([2H])C(C([2H])([2H])[2H])(C([2H])([2H])[2H])[C@@](C)(O)[C@H]1C[C@@]23CC[C@]1(OC)[C@@H]1Oc4c(O)ccc5c4[C@@]12CCN[C@@H]3C5. The summed E-state index contributed by atoms with van der Waals surface area (Å²) in [6, 6.07) is 3.39. The fourth-order valence-corrected chi connectivity index (χ4v) is 8.26. The first kappa shape index (κ1) is 12.1. The lowest BCUT2D eigenvalue weighted by atomic mass is 9.33. The third-order valence-electron chi connectivity index (χ3n) is 9.62. The highest BCUT2D eigenvalue weighted by molar-refractivity contribution is 5.63. The summed E-state index contributed by atoms with van der Waals surface area (Å²) in [5.41, 5.74) is -6.95. The van der Waals surface area contributed by atoms with Crippen LogP contribution in [-0.2, 0) is 16.6 Å². The van der Waals surface area contributed by atoms with Gasteiger partial charge in [0.1, 0.15) is 11.7 Å². The van der Waals surface area contributed by atoms with Gasteiger partial charge in [0.15, 0.2) is 11.5 Å². The lowest BCUT2D eigenvalue weighted by Crippen LogP contribution is -2.83. The Kier molecular flexibility index (Phi) is 2.16. The number of methoxy groups -OCH3 is 1. The number of piperidine rings is 1. The zero-order valence-corrected chi connectivity index (χ0v) is 17.3. The molecule has 3 N–H and O–H groups in total. The van der Waals surface area contributed by atoms with E-state index in [1.165, 1.54) is 7.11 Å². The van der Waals surface area contributed by atoms with Crippen molar-refractivity contribution in [1.29, 1.82) is 0 Å². The van der Waals surface area contributed by atoms with Crippen molar-refractivity contribution < 1.29 is 32.0 Å². The van der Waals surface area contributed by atoms with Gasteiger partial charge in [0.2, 0.25) is 0 Å². The molecule has 0 amide bonds. The maximum atomic E-state index is 12.5. The molecule has 30 heavy (non-hydrogen) atoms. The minimum atomic E-state index is -3.58. The molecule has 0 aromatic heterocycles. The van der Waals surface area contributed by atoms with Crippen molar-refractivity contribution in [3.8, 4) is 11.5 Å². The maximum Gasteiger partial charge on any atom is 0.165 e. The van der Waals surface area contributed by atoms with Crippen molar-refractivity contribution in [2.75, 3.05) is 13.7 Å². The lowest BCUT2D eigenvalue weighted by molar-refractivity contribution is -0.303. The van der Waals surface area contributed by atoms with Crippen LogP contribution >= 0.6 is 0 Å². The molecule has 7 rings (SSSR count). The molecule has 4 bridgehead atoms. The number of hydrogen-bond donors (Lipinski definition) is 3. The summed E-state index contributed by atoms with van der Waals surface area (Å²) in [6.07, 6.45) is 1.53. The topological polar surface area (TPSA) is 71.0 Å². The summed E-state index contributed by atoms with van der Waals surface area (Å²) in [4.78, 5) is 0. The van der Waals surface area contributed by atoms with Gasteiger partial charge in [-0.3, -0.25) is 0 Å². The van der Waals surface area contributed by atoms with Gasteiger partial charge in [0.25, 0.3) is 0 Å². The monoisotopic (exact) mass is 422 g/mol. The molecule has 4 aliphatic carbocycles. The molecular weight excluding hydrogens is 378 g/mol. The van der Waals surface area contributed by atoms with Crippen LogP contribution in [-0.4, -0.2) is 47.2 Å². The van der Waals surface area contributed by atoms with E-state index in [1.54, 1.807) is 6.07 Å². The zero-order valence-electron chi connectivity index (χ0n) is 26.3. The number of aromatic hydroxyl groups is 1. The number of phenols is 1. The van der Waals surface area contributed by atoms with Crippen LogP contribution in [0, 0.1) is 16.7 Å². The number of hydrogen-bond acceptors (Lipinski definition) is 5. The zero-order chi connectivity index (χ0) is 28.8. The van der Waals surface area contributed by atoms with Gasteiger partial charge < -0.3 is 25.0 Å². The van der Waals surface area contributed by atoms with Crippen LogP contribution in [0.4, 0.5) is 0 Å². The molecule has 0 radical (unpaired) electrons. The van der Waals surface area contributed by atoms with Crippen molar-refractivity contribution in [3.63, 3.8) is 0 Å². The second-order valence-corrected chi connectivity index (χ2v) is 10.3. The predicted octanol–water partition coefficient (Wildman–Crippen LogP) is 3.29. The minimum Gasteiger partial charge on any atom is -0.504 e. The fraction of sp³-hybridized carbons (Fsp3) is 0.760. The Bertz CT molecular complexity index is 1190. The van der Waals surface area contributed by atoms with Crippen molar-refractivity contribution in [2.45, 2.75) is 88.3 Å². The average molecular weight is 423 g/mol. The van der Waals surface area contributed by atoms with Crippen LogP contribution in [0.3, 0.4) is 0 Å². The van der Waals surface area contributed by atoms with Gasteiger partial charge in [0.05, 0.1) is 5.60 Å². The van der Waals surface area contributed by atoms with Gasteiger partial charge in [-0.25, -0.2) is 0 Å². The first-order valence-corrected chi connectivity index (χ1v) is 10.8. The van der Waals surface area contributed by atoms with E-state index >= 15 is 0 Å². The van der Waals surface area contributed by atoms with Crippen LogP contribution in [0.1, 0.15) is 76.6 Å². The number of ether oxygens (including phenoxy) is 2. The van der Waals surface area contributed by atoms with Gasteiger partial charge >= 0.3 is 0 Å². The van der Waals surface area contributed by atoms with Crippen LogP contribution in [0.5, 0.6) is 11.5 Å². The van der Waals surface area contributed by atoms with E-state index < -0.39 is 60.0 Å². The summed E-state index contributed by atoms with van der Waals surface area (Å²) >= 11 is 0. The number of rotatable bonds is 2. The van der Waals surface area contributed by atoms with Crippen LogP contribution in [0.25, 0.3) is 0 Å². The number of phenolic OH excluding ortho intramolecular Hbond substituents is 1. The van der Waals surface area contributed by atoms with Gasteiger partial charge in [-0.2, -0.15) is 0 Å². The fourth-order valence-electron chi connectivity index (χ4n) is 8.26. The lowest BCUT2D eigenvalue weighted by Gasteiger charge is -2.74. The number of fused-ring (bicyclic) bond motifs is 2. The molecule has 2 spiro atoms. The Morgan fingerprint density at radius 3 is 2.80 bits per heavy atom. The van der Waals surface area contributed by atoms with E-state index in [-0.39, 0.29) is 18.2 Å². The van der Waals surface area contributed by atoms with Crippen LogP contribution in [0.2, 0.25) is 0 Å². The molecule has 7 atom stereocenters. The smallest absolute Gasteiger partial charge is 0.165 e. The molecule has 0 unspecified atom stereocenters. The van der Waals surface area contributed by atoms with Crippen LogP contribution < -0.4 is 10.1 Å². The normalized spacial score (nSPS) is 50.6. The molecule has 3 saturated carbocycles. The molecule has 1 aromatic rings. The molecule has 2 aliphatic heterocycles. The Labute approximate surface area is 191 Å². The molecule has 1 aromatic carbocycles. The summed E-state index contributed by atoms with van der Waals surface area (Å²) in [5.74, 6) is -0.899. The highest BCUT2D eigenvalue weighted by Gasteiger charge is 2.81. The van der Waals surface area contributed by atoms with E-state index in [0.717, 1.165) is 18.1 Å². The van der Waals surface area contributed by atoms with E-state index in [4.69, 9.17) is 21.8 Å². The highest BCUT2D eigenvalue weighted by Crippen LogP contribution is 2.77. The van der Waals surface area contributed by atoms with Gasteiger partial charge in [-0.1, -0.05) is 26.6 Å². The van der Waals surface area contributed by atoms with Crippen molar-refractivity contribution >= 4 is 0 Å². The second kappa shape index (κ2) is 5.36. The largest absolute Gasteiger partial charge is 0.504 e. The maximum absolute atomic E-state index is 12.5. The molecule has 6 aliphatic rings. The second-order valence-electron chi connectivity index (χ2n) is 10.3. The Hall–Kier alpha value is -1.30. The Balaban J connectivity index is 1.64. The molecule has 1 saturated heterocycles. The molecule has 5 heteroatoms. The van der Waals surface area contributed by atoms with E-state index in [9.17, 15) is 10.2 Å². The summed E-state index contributed by atoms with van der Waals surface area (Å²) < 4.78 is 87.7. The number of nitrogens with one attached hydrogen (secondary N) is 1. The summed E-state index contributed by atoms with van der Waals surface area (Å²) in [7, 11) is 1.42. The molecule has 164 valence electrons. The standard InChI is InChI=1S/C25H35NO4/c1-21(2,3)22(4,28)16-13-23-8-9-25(16,29-5)20-24(23)10-11-26-17(23)12-14-6-7-15(27)19(30-20)18(14)24/h6-7,16-17,20,26-28H,8-13H2,1-5H3/t16-,17-,20-,22+,23-,24+,25-/m1/s1/i1D3,2D3,3D3. The highest BCUT2D eigenvalue weighted by atomic mass is 16.6. The van der Waals surface area contributed by atoms with Gasteiger partial charge in [-0.05, 0) is 62.6 Å². The van der Waals surface area contributed by atoms with Crippen molar-refractivity contribution in [2.24, 2.45) is 16.7 Å². The molecule has 2 heterocycles. The van der Waals surface area contributed by atoms with Gasteiger partial charge in [-0.15, -0.1) is 0 Å². The van der Waals surface area contributed by atoms with Crippen molar-refractivity contribution in [1.82, 2.24) is 5.32 Å². The van der Waals surface area contributed by atoms with Gasteiger partial charge in [0, 0.05) is 47.8 Å². The first-order valence-electron chi connectivity index (χ1n) is 15.3. The van der Waals surface area contributed by atoms with E-state index in [1.807, 2.05) is 6.07 Å². The molecule has 4 fully saturated rings. The Morgan fingerprint density at radius 1 is 1.27 bits per heavy atom. The summed E-state index contributed by atoms with van der Waals surface area (Å²) in [5, 5.41) is 27.0. The Morgan fingerprint density at radius 2 is 2.07 bits per heavy atom. The predicted molar refractivity (Wildman–Crippen MR) is 114 cm³/mol. The number of aliphatic hydroxyl groups is 1. The average Bonchev–Trinajstić information content (AvgIpc) is 3.14. The van der Waals surface area contributed by atoms with E-state index in [2.05, 4.69) is 5.32 Å². The molecular formula is C25H35NO4. The van der Waals surface area contributed by atoms with Crippen LogP contribution in [0.15, 0.2) is 12.1 Å². The quantitative estimate of drug-likeness (QED) is 0.682.